The van der Waals surface area contributed by atoms with E-state index in [0.29, 0.717) is 0 Å². The molecule has 0 aliphatic heterocycles. The maximum Gasteiger partial charge on any atom is 0.119 e. The number of benzene rings is 2. The minimum absolute atomic E-state index is 0.201. The number of ether oxygens (including phenoxy) is 1. The Bertz CT molecular complexity index is 572. The maximum atomic E-state index is 5.25. The molecule has 0 aliphatic carbocycles. The molecule has 19 heavy (non-hydrogen) atoms. The third-order valence-electron chi connectivity index (χ3n) is 2.90. The second kappa shape index (κ2) is 6.44. The fourth-order valence-electron chi connectivity index (χ4n) is 1.83. The summed E-state index contributed by atoms with van der Waals surface area (Å²) in [4.78, 5) is 0. The van der Waals surface area contributed by atoms with E-state index in [4.69, 9.17) is 4.74 Å². The lowest BCUT2D eigenvalue weighted by molar-refractivity contribution is 0.414. The Kier molecular flexibility index (Phi) is 4.88. The predicted molar refractivity (Wildman–Crippen MR) is 86.9 cm³/mol. The summed E-state index contributed by atoms with van der Waals surface area (Å²) >= 11 is 7.01. The smallest absolute Gasteiger partial charge is 0.119 e. The normalized spacial score (nSPS) is 12.0. The van der Waals surface area contributed by atoms with Crippen molar-refractivity contribution in [2.24, 2.45) is 0 Å². The van der Waals surface area contributed by atoms with Crippen molar-refractivity contribution >= 4 is 37.5 Å². The predicted octanol–water partition coefficient (Wildman–Crippen LogP) is 5.39. The maximum absolute atomic E-state index is 5.25. The molecule has 0 amide bonds. The molecular weight excluding hydrogens is 370 g/mol. The fraction of sp³-hybridized carbons (Fsp3) is 0.200. The Morgan fingerprint density at radius 1 is 1.11 bits per heavy atom. The van der Waals surface area contributed by atoms with E-state index in [-0.39, 0.29) is 6.04 Å². The fourth-order valence-corrected chi connectivity index (χ4v) is 3.00. The van der Waals surface area contributed by atoms with Gasteiger partial charge in [0.05, 0.1) is 7.11 Å². The second-order valence-corrected chi connectivity index (χ2v) is 6.04. The molecule has 0 heterocycles. The van der Waals surface area contributed by atoms with Crippen LogP contribution in [0.3, 0.4) is 0 Å². The Morgan fingerprint density at radius 2 is 1.89 bits per heavy atom. The van der Waals surface area contributed by atoms with E-state index in [9.17, 15) is 0 Å². The van der Waals surface area contributed by atoms with Gasteiger partial charge in [-0.2, -0.15) is 0 Å². The van der Waals surface area contributed by atoms with Crippen LogP contribution in [0.2, 0.25) is 0 Å². The van der Waals surface area contributed by atoms with Crippen molar-refractivity contribution in [2.75, 3.05) is 12.4 Å². The first-order valence-electron chi connectivity index (χ1n) is 5.95. The summed E-state index contributed by atoms with van der Waals surface area (Å²) in [5.74, 6) is 0.876. The van der Waals surface area contributed by atoms with Gasteiger partial charge >= 0.3 is 0 Å². The third kappa shape index (κ3) is 3.74. The van der Waals surface area contributed by atoms with E-state index in [1.54, 1.807) is 7.11 Å². The van der Waals surface area contributed by atoms with Crippen LogP contribution < -0.4 is 10.1 Å². The molecule has 1 N–H and O–H groups in total. The number of anilines is 1. The molecular formula is C15H15Br2NO. The average molecular weight is 385 g/mol. The van der Waals surface area contributed by atoms with Crippen LogP contribution in [-0.4, -0.2) is 7.11 Å². The summed E-state index contributed by atoms with van der Waals surface area (Å²) in [5.41, 5.74) is 2.26. The zero-order valence-electron chi connectivity index (χ0n) is 10.8. The number of rotatable bonds is 4. The molecule has 2 aromatic carbocycles. The molecule has 0 fully saturated rings. The van der Waals surface area contributed by atoms with Crippen LogP contribution in [0.25, 0.3) is 0 Å². The lowest BCUT2D eigenvalue weighted by atomic mass is 10.1. The van der Waals surface area contributed by atoms with E-state index in [1.165, 1.54) is 5.56 Å². The first-order chi connectivity index (χ1) is 9.10. The molecule has 0 radical (unpaired) electrons. The molecule has 0 bridgehead atoms. The van der Waals surface area contributed by atoms with Gasteiger partial charge in [0.25, 0.3) is 0 Å². The Labute approximate surface area is 130 Å². The zero-order chi connectivity index (χ0) is 13.8. The lowest BCUT2D eigenvalue weighted by Crippen LogP contribution is -2.07. The molecule has 0 aromatic heterocycles. The van der Waals surface area contributed by atoms with Gasteiger partial charge in [0.15, 0.2) is 0 Å². The quantitative estimate of drug-likeness (QED) is 0.762. The standard InChI is InChI=1S/C15H15Br2NO/c1-10(11-4-3-5-13(8-11)19-2)18-15-7-6-12(16)9-14(15)17/h3-10,18H,1-2H3. The van der Waals surface area contributed by atoms with E-state index in [2.05, 4.69) is 50.2 Å². The third-order valence-corrected chi connectivity index (χ3v) is 4.05. The molecule has 0 aliphatic rings. The van der Waals surface area contributed by atoms with Crippen molar-refractivity contribution in [3.8, 4) is 5.75 Å². The average Bonchev–Trinajstić information content (AvgIpc) is 2.42. The first-order valence-corrected chi connectivity index (χ1v) is 7.54. The number of methoxy groups -OCH3 is 1. The van der Waals surface area contributed by atoms with Crippen molar-refractivity contribution in [3.63, 3.8) is 0 Å². The lowest BCUT2D eigenvalue weighted by Gasteiger charge is -2.17. The molecule has 0 spiro atoms. The van der Waals surface area contributed by atoms with Gasteiger partial charge in [-0.3, -0.25) is 0 Å². The summed E-state index contributed by atoms with van der Waals surface area (Å²) in [6.07, 6.45) is 0. The molecule has 0 saturated heterocycles. The molecule has 100 valence electrons. The first kappa shape index (κ1) is 14.4. The minimum Gasteiger partial charge on any atom is -0.497 e. The molecule has 1 atom stereocenters. The Balaban J connectivity index is 2.17. The number of hydrogen-bond acceptors (Lipinski definition) is 2. The highest BCUT2D eigenvalue weighted by atomic mass is 79.9. The molecule has 2 rings (SSSR count). The van der Waals surface area contributed by atoms with Crippen molar-refractivity contribution < 1.29 is 4.74 Å². The molecule has 0 saturated carbocycles. The number of halogens is 2. The largest absolute Gasteiger partial charge is 0.497 e. The topological polar surface area (TPSA) is 21.3 Å². The van der Waals surface area contributed by atoms with Gasteiger partial charge in [0.2, 0.25) is 0 Å². The van der Waals surface area contributed by atoms with Crippen LogP contribution in [0.4, 0.5) is 5.69 Å². The summed E-state index contributed by atoms with van der Waals surface area (Å²) in [5, 5.41) is 3.48. The zero-order valence-corrected chi connectivity index (χ0v) is 14.0. The van der Waals surface area contributed by atoms with Gasteiger partial charge in [-0.25, -0.2) is 0 Å². The van der Waals surface area contributed by atoms with Crippen molar-refractivity contribution in [3.05, 3.63) is 57.0 Å². The van der Waals surface area contributed by atoms with Gasteiger partial charge in [-0.15, -0.1) is 0 Å². The van der Waals surface area contributed by atoms with Crippen LogP contribution in [0.15, 0.2) is 51.4 Å². The number of hydrogen-bond donors (Lipinski definition) is 1. The summed E-state index contributed by atoms with van der Waals surface area (Å²) in [7, 11) is 1.68. The van der Waals surface area contributed by atoms with Crippen molar-refractivity contribution in [1.82, 2.24) is 0 Å². The van der Waals surface area contributed by atoms with E-state index in [1.807, 2.05) is 36.4 Å². The highest BCUT2D eigenvalue weighted by molar-refractivity contribution is 9.11. The molecule has 2 nitrogen and oxygen atoms in total. The summed E-state index contributed by atoms with van der Waals surface area (Å²) < 4.78 is 7.34. The van der Waals surface area contributed by atoms with Gasteiger partial charge in [-0.05, 0) is 58.7 Å². The monoisotopic (exact) mass is 383 g/mol. The Hall–Kier alpha value is -1.000. The summed E-state index contributed by atoms with van der Waals surface area (Å²) in [6.45, 7) is 2.13. The van der Waals surface area contributed by atoms with E-state index < -0.39 is 0 Å². The van der Waals surface area contributed by atoms with Crippen LogP contribution >= 0.6 is 31.9 Å². The molecule has 1 unspecified atom stereocenters. The highest BCUT2D eigenvalue weighted by Gasteiger charge is 2.08. The van der Waals surface area contributed by atoms with Crippen LogP contribution in [0, 0.1) is 0 Å². The SMILES string of the molecule is COc1cccc(C(C)Nc2ccc(Br)cc2Br)c1. The van der Waals surface area contributed by atoms with E-state index in [0.717, 1.165) is 20.4 Å². The minimum atomic E-state index is 0.201. The Morgan fingerprint density at radius 3 is 2.58 bits per heavy atom. The highest BCUT2D eigenvalue weighted by Crippen LogP contribution is 2.30. The van der Waals surface area contributed by atoms with E-state index >= 15 is 0 Å². The molecule has 2 aromatic rings. The van der Waals surface area contributed by atoms with Crippen molar-refractivity contribution in [2.45, 2.75) is 13.0 Å². The summed E-state index contributed by atoms with van der Waals surface area (Å²) in [6, 6.07) is 14.4. The molecule has 4 heteroatoms. The van der Waals surface area contributed by atoms with Gasteiger partial charge in [-0.1, -0.05) is 28.1 Å². The van der Waals surface area contributed by atoms with Crippen LogP contribution in [0.1, 0.15) is 18.5 Å². The van der Waals surface area contributed by atoms with Crippen LogP contribution in [0.5, 0.6) is 5.75 Å². The number of nitrogens with one attached hydrogen (secondary N) is 1. The second-order valence-electron chi connectivity index (χ2n) is 4.27. The van der Waals surface area contributed by atoms with Gasteiger partial charge < -0.3 is 10.1 Å². The van der Waals surface area contributed by atoms with Crippen LogP contribution in [-0.2, 0) is 0 Å². The van der Waals surface area contributed by atoms with Crippen molar-refractivity contribution in [1.29, 1.82) is 0 Å². The van der Waals surface area contributed by atoms with Gasteiger partial charge in [0, 0.05) is 20.7 Å². The van der Waals surface area contributed by atoms with Gasteiger partial charge in [0.1, 0.15) is 5.75 Å².